The number of nitrogens with one attached hydrogen (secondary N) is 1. The van der Waals surface area contributed by atoms with E-state index in [0.29, 0.717) is 39.5 Å². The van der Waals surface area contributed by atoms with Crippen LogP contribution in [0.2, 0.25) is 5.02 Å². The molecular formula is C25H30ClNO6. The van der Waals surface area contributed by atoms with Gasteiger partial charge in [-0.25, -0.2) is 4.79 Å². The minimum atomic E-state index is -0.938. The van der Waals surface area contributed by atoms with Crippen molar-refractivity contribution in [2.75, 3.05) is 20.3 Å². The molecule has 0 unspecified atom stereocenters. The maximum atomic E-state index is 13.6. The molecule has 1 aliphatic heterocycles. The number of halogens is 1. The Morgan fingerprint density at radius 3 is 2.61 bits per heavy atom. The molecule has 0 saturated heterocycles. The van der Waals surface area contributed by atoms with Gasteiger partial charge in [0, 0.05) is 27.9 Å². The zero-order valence-corrected chi connectivity index (χ0v) is 20.3. The lowest BCUT2D eigenvalue weighted by molar-refractivity contribution is -0.151. The van der Waals surface area contributed by atoms with Crippen LogP contribution < -0.4 is 5.32 Å². The lowest BCUT2D eigenvalue weighted by Crippen LogP contribution is -2.43. The topological polar surface area (TPSA) is 90.9 Å². The second-order valence-corrected chi connectivity index (χ2v) is 9.08. The Bertz CT molecular complexity index is 1010. The Balaban J connectivity index is 2.04. The first kappa shape index (κ1) is 25.0. The standard InChI is InChI=1S/C25H30ClNO6/c1-13(2)32-9-10-33-25(30)20-15(4)27-18-11-14(3)19(24(29)31-5)23(28)22(18)21(20)16-7-6-8-17(26)12-16/h6-8,12-14,19,21,27H,9-11H2,1-5H3/t14-,19-,21-/m1/s1. The smallest absolute Gasteiger partial charge is 0.336 e. The normalized spacial score (nSPS) is 22.8. The van der Waals surface area contributed by atoms with Gasteiger partial charge in [0.05, 0.1) is 25.4 Å². The van der Waals surface area contributed by atoms with E-state index in [1.165, 1.54) is 7.11 Å². The van der Waals surface area contributed by atoms with E-state index in [-0.39, 0.29) is 31.0 Å². The molecule has 3 rings (SSSR count). The van der Waals surface area contributed by atoms with Crippen LogP contribution in [0.3, 0.4) is 0 Å². The third-order valence-corrected chi connectivity index (χ3v) is 6.15. The predicted octanol–water partition coefficient (Wildman–Crippen LogP) is 3.92. The first-order chi connectivity index (χ1) is 15.6. The predicted molar refractivity (Wildman–Crippen MR) is 123 cm³/mol. The van der Waals surface area contributed by atoms with Crippen molar-refractivity contribution in [3.05, 3.63) is 57.4 Å². The van der Waals surface area contributed by atoms with E-state index in [2.05, 4.69) is 5.32 Å². The van der Waals surface area contributed by atoms with Crippen LogP contribution >= 0.6 is 11.6 Å². The van der Waals surface area contributed by atoms with Gasteiger partial charge in [0.25, 0.3) is 0 Å². The molecular weight excluding hydrogens is 446 g/mol. The van der Waals surface area contributed by atoms with Crippen LogP contribution in [0.15, 0.2) is 46.8 Å². The van der Waals surface area contributed by atoms with Gasteiger partial charge in [-0.3, -0.25) is 9.59 Å². The van der Waals surface area contributed by atoms with Crippen LogP contribution in [-0.2, 0) is 28.6 Å². The van der Waals surface area contributed by atoms with Gasteiger partial charge in [0.2, 0.25) is 0 Å². The number of hydrogen-bond donors (Lipinski definition) is 1. The second-order valence-electron chi connectivity index (χ2n) is 8.65. The summed E-state index contributed by atoms with van der Waals surface area (Å²) in [6.07, 6.45) is 0.491. The van der Waals surface area contributed by atoms with E-state index < -0.39 is 23.8 Å². The van der Waals surface area contributed by atoms with Crippen molar-refractivity contribution in [1.82, 2.24) is 5.32 Å². The lowest BCUT2D eigenvalue weighted by Gasteiger charge is -2.38. The van der Waals surface area contributed by atoms with Crippen LogP contribution in [0, 0.1) is 11.8 Å². The highest BCUT2D eigenvalue weighted by Gasteiger charge is 2.47. The molecule has 1 heterocycles. The molecule has 33 heavy (non-hydrogen) atoms. The molecule has 1 aromatic rings. The SMILES string of the molecule is COC(=O)[C@H]1C(=O)C2=C(C[C@H]1C)NC(C)=C(C(=O)OCCOC(C)C)[C@H]2c1cccc(Cl)c1. The molecule has 0 saturated carbocycles. The fourth-order valence-electron chi connectivity index (χ4n) is 4.47. The molecule has 7 nitrogen and oxygen atoms in total. The highest BCUT2D eigenvalue weighted by Crippen LogP contribution is 2.45. The van der Waals surface area contributed by atoms with Crippen molar-refractivity contribution in [3.8, 4) is 0 Å². The second kappa shape index (κ2) is 10.5. The third kappa shape index (κ3) is 5.31. The van der Waals surface area contributed by atoms with E-state index in [0.717, 1.165) is 0 Å². The van der Waals surface area contributed by atoms with Gasteiger partial charge in [-0.2, -0.15) is 0 Å². The van der Waals surface area contributed by atoms with Crippen molar-refractivity contribution in [3.63, 3.8) is 0 Å². The number of benzene rings is 1. The number of methoxy groups -OCH3 is 1. The van der Waals surface area contributed by atoms with E-state index in [1.54, 1.807) is 25.1 Å². The molecule has 1 aromatic carbocycles. The van der Waals surface area contributed by atoms with Gasteiger partial charge < -0.3 is 19.5 Å². The Hall–Kier alpha value is -2.64. The summed E-state index contributed by atoms with van der Waals surface area (Å²) in [5.74, 6) is -3.38. The molecule has 1 N–H and O–H groups in total. The molecule has 8 heteroatoms. The van der Waals surface area contributed by atoms with Crippen molar-refractivity contribution >= 4 is 29.3 Å². The number of ether oxygens (including phenoxy) is 3. The van der Waals surface area contributed by atoms with E-state index in [9.17, 15) is 14.4 Å². The number of rotatable bonds is 7. The number of carbonyl (C=O) groups excluding carboxylic acids is 3. The van der Waals surface area contributed by atoms with Crippen molar-refractivity contribution in [1.29, 1.82) is 0 Å². The zero-order chi connectivity index (χ0) is 24.3. The maximum Gasteiger partial charge on any atom is 0.336 e. The highest BCUT2D eigenvalue weighted by atomic mass is 35.5. The number of dihydropyridines is 1. The Kier molecular flexibility index (Phi) is 7.97. The molecule has 3 atom stereocenters. The average Bonchev–Trinajstić information content (AvgIpc) is 2.75. The van der Waals surface area contributed by atoms with Crippen LogP contribution in [0.1, 0.15) is 45.6 Å². The zero-order valence-electron chi connectivity index (χ0n) is 19.6. The molecule has 1 aliphatic carbocycles. The van der Waals surface area contributed by atoms with Crippen LogP contribution in [0.5, 0.6) is 0 Å². The van der Waals surface area contributed by atoms with Gasteiger partial charge in [0.1, 0.15) is 12.5 Å². The van der Waals surface area contributed by atoms with Crippen LogP contribution in [0.4, 0.5) is 0 Å². The van der Waals surface area contributed by atoms with Crippen molar-refractivity contribution < 1.29 is 28.6 Å². The molecule has 2 aliphatic rings. The van der Waals surface area contributed by atoms with E-state index in [4.69, 9.17) is 25.8 Å². The largest absolute Gasteiger partial charge is 0.468 e. The van der Waals surface area contributed by atoms with Crippen molar-refractivity contribution in [2.45, 2.75) is 46.1 Å². The van der Waals surface area contributed by atoms with Gasteiger partial charge in [0.15, 0.2) is 5.78 Å². The van der Waals surface area contributed by atoms with E-state index >= 15 is 0 Å². The molecule has 0 spiro atoms. The number of hydrogen-bond acceptors (Lipinski definition) is 7. The summed E-state index contributed by atoms with van der Waals surface area (Å²) in [4.78, 5) is 39.3. The molecule has 0 amide bonds. The quantitative estimate of drug-likeness (QED) is 0.363. The summed E-state index contributed by atoms with van der Waals surface area (Å²) in [5.41, 5.74) is 2.67. The summed E-state index contributed by atoms with van der Waals surface area (Å²) in [5, 5.41) is 3.71. The number of esters is 2. The Labute approximate surface area is 199 Å². The summed E-state index contributed by atoms with van der Waals surface area (Å²) in [6.45, 7) is 7.77. The third-order valence-electron chi connectivity index (χ3n) is 5.91. The number of Topliss-reactive ketones (excluding diaryl/α,β-unsaturated/α-hetero) is 1. The molecule has 0 fully saturated rings. The monoisotopic (exact) mass is 475 g/mol. The molecule has 0 aromatic heterocycles. The summed E-state index contributed by atoms with van der Waals surface area (Å²) >= 11 is 6.26. The number of carbonyl (C=O) groups is 3. The fraction of sp³-hybridized carbons (Fsp3) is 0.480. The summed E-state index contributed by atoms with van der Waals surface area (Å²) < 4.78 is 15.9. The van der Waals surface area contributed by atoms with Crippen molar-refractivity contribution in [2.24, 2.45) is 11.8 Å². The highest BCUT2D eigenvalue weighted by molar-refractivity contribution is 6.30. The average molecular weight is 476 g/mol. The maximum absolute atomic E-state index is 13.6. The number of allylic oxidation sites excluding steroid dienone is 3. The first-order valence-corrected chi connectivity index (χ1v) is 11.4. The van der Waals surface area contributed by atoms with Crippen LogP contribution in [-0.4, -0.2) is 44.1 Å². The van der Waals surface area contributed by atoms with Crippen LogP contribution in [0.25, 0.3) is 0 Å². The van der Waals surface area contributed by atoms with Gasteiger partial charge in [-0.15, -0.1) is 0 Å². The van der Waals surface area contributed by atoms with Gasteiger partial charge >= 0.3 is 11.9 Å². The number of ketones is 1. The Morgan fingerprint density at radius 1 is 1.24 bits per heavy atom. The fourth-order valence-corrected chi connectivity index (χ4v) is 4.67. The Morgan fingerprint density at radius 2 is 1.97 bits per heavy atom. The minimum Gasteiger partial charge on any atom is -0.468 e. The summed E-state index contributed by atoms with van der Waals surface area (Å²) in [6, 6.07) is 7.03. The minimum absolute atomic E-state index is 0.0185. The molecule has 0 bridgehead atoms. The lowest BCUT2D eigenvalue weighted by atomic mass is 9.69. The van der Waals surface area contributed by atoms with Gasteiger partial charge in [-0.05, 0) is 50.8 Å². The molecule has 0 radical (unpaired) electrons. The van der Waals surface area contributed by atoms with Gasteiger partial charge in [-0.1, -0.05) is 30.7 Å². The van der Waals surface area contributed by atoms with E-state index in [1.807, 2.05) is 26.8 Å². The molecule has 178 valence electrons. The first-order valence-electron chi connectivity index (χ1n) is 11.0. The summed E-state index contributed by atoms with van der Waals surface area (Å²) in [7, 11) is 1.27.